The van der Waals surface area contributed by atoms with Crippen molar-refractivity contribution in [1.82, 2.24) is 5.32 Å². The molecule has 63 valence electrons. The van der Waals surface area contributed by atoms with Crippen molar-refractivity contribution in [3.63, 3.8) is 0 Å². The molecule has 12 heavy (non-hydrogen) atoms. The Morgan fingerprint density at radius 2 is 2.08 bits per heavy atom. The van der Waals surface area contributed by atoms with Crippen LogP contribution in [0.3, 0.4) is 0 Å². The van der Waals surface area contributed by atoms with Crippen molar-refractivity contribution < 1.29 is 4.79 Å². The van der Waals surface area contributed by atoms with E-state index in [4.69, 9.17) is 0 Å². The highest BCUT2D eigenvalue weighted by molar-refractivity contribution is 5.77. The summed E-state index contributed by atoms with van der Waals surface area (Å²) in [5, 5.41) is 2.57. The minimum absolute atomic E-state index is 0.0406. The van der Waals surface area contributed by atoms with E-state index in [0.29, 0.717) is 6.42 Å². The summed E-state index contributed by atoms with van der Waals surface area (Å²) < 4.78 is 0. The first-order valence-corrected chi connectivity index (χ1v) is 3.92. The number of carbonyl (C=O) groups is 1. The van der Waals surface area contributed by atoms with Crippen LogP contribution in [0, 0.1) is 6.42 Å². The van der Waals surface area contributed by atoms with E-state index in [1.807, 2.05) is 36.8 Å². The van der Waals surface area contributed by atoms with Gasteiger partial charge in [0.05, 0.1) is 0 Å². The molecule has 0 heterocycles. The number of nitrogens with one attached hydrogen (secondary N) is 1. The van der Waals surface area contributed by atoms with Gasteiger partial charge in [0.25, 0.3) is 0 Å². The van der Waals surface area contributed by atoms with Crippen LogP contribution in [0.2, 0.25) is 0 Å². The fourth-order valence-electron chi connectivity index (χ4n) is 0.902. The van der Waals surface area contributed by atoms with Gasteiger partial charge in [-0.3, -0.25) is 4.79 Å². The molecule has 1 amide bonds. The highest BCUT2D eigenvalue weighted by Gasteiger charge is 1.98. The van der Waals surface area contributed by atoms with Gasteiger partial charge in [-0.2, -0.15) is 0 Å². The molecule has 1 aromatic rings. The van der Waals surface area contributed by atoms with Gasteiger partial charge in [-0.15, -0.1) is 0 Å². The molecule has 0 saturated heterocycles. The Morgan fingerprint density at radius 3 is 2.67 bits per heavy atom. The molecular weight excluding hydrogens is 150 g/mol. The number of rotatable bonds is 3. The van der Waals surface area contributed by atoms with Gasteiger partial charge in [-0.25, -0.2) is 0 Å². The second-order valence-corrected chi connectivity index (χ2v) is 2.49. The van der Waals surface area contributed by atoms with Gasteiger partial charge >= 0.3 is 0 Å². The zero-order chi connectivity index (χ0) is 8.81. The number of hydrogen-bond donors (Lipinski definition) is 1. The van der Waals surface area contributed by atoms with E-state index in [9.17, 15) is 4.79 Å². The molecule has 0 aliphatic carbocycles. The van der Waals surface area contributed by atoms with Gasteiger partial charge in [0.1, 0.15) is 0 Å². The summed E-state index contributed by atoms with van der Waals surface area (Å²) >= 11 is 0. The van der Waals surface area contributed by atoms with Crippen LogP contribution >= 0.6 is 0 Å². The second kappa shape index (κ2) is 4.54. The minimum Gasteiger partial charge on any atom is -0.359 e. The predicted octanol–water partition coefficient (Wildman–Crippen LogP) is 1.38. The highest BCUT2D eigenvalue weighted by Crippen LogP contribution is 2.03. The van der Waals surface area contributed by atoms with Crippen molar-refractivity contribution in [2.45, 2.75) is 6.42 Å². The van der Waals surface area contributed by atoms with Gasteiger partial charge in [-0.05, 0) is 12.0 Å². The van der Waals surface area contributed by atoms with E-state index in [2.05, 4.69) is 5.32 Å². The maximum Gasteiger partial charge on any atom is 0.220 e. The zero-order valence-corrected chi connectivity index (χ0v) is 7.08. The van der Waals surface area contributed by atoms with Crippen molar-refractivity contribution >= 4 is 5.91 Å². The van der Waals surface area contributed by atoms with Crippen LogP contribution in [0.15, 0.2) is 30.3 Å². The van der Waals surface area contributed by atoms with Gasteiger partial charge in [0, 0.05) is 13.5 Å². The van der Waals surface area contributed by atoms with Crippen molar-refractivity contribution in [2.75, 3.05) is 7.05 Å². The molecular formula is C10H12NO. The fraction of sp³-hybridized carbons (Fsp3) is 0.200. The molecule has 0 aromatic heterocycles. The largest absolute Gasteiger partial charge is 0.359 e. The Hall–Kier alpha value is -1.31. The lowest BCUT2D eigenvalue weighted by Crippen LogP contribution is -2.17. The van der Waals surface area contributed by atoms with Gasteiger partial charge in [-0.1, -0.05) is 30.3 Å². The molecule has 0 spiro atoms. The Morgan fingerprint density at radius 1 is 1.42 bits per heavy atom. The summed E-state index contributed by atoms with van der Waals surface area (Å²) in [6.07, 6.45) is 2.35. The third-order valence-corrected chi connectivity index (χ3v) is 1.60. The van der Waals surface area contributed by atoms with Gasteiger partial charge in [0.15, 0.2) is 0 Å². The average Bonchev–Trinajstić information content (AvgIpc) is 2.16. The summed E-state index contributed by atoms with van der Waals surface area (Å²) in [4.78, 5) is 10.8. The molecule has 0 aliphatic rings. The Kier molecular flexibility index (Phi) is 3.33. The first kappa shape index (κ1) is 8.78. The number of carbonyl (C=O) groups excluding carboxylic acids is 1. The Balaban J connectivity index is 2.38. The molecule has 0 fully saturated rings. The van der Waals surface area contributed by atoms with E-state index in [1.165, 1.54) is 0 Å². The summed E-state index contributed by atoms with van der Waals surface area (Å²) in [7, 11) is 1.64. The maximum atomic E-state index is 10.8. The molecule has 0 saturated carbocycles. The van der Waals surface area contributed by atoms with E-state index in [1.54, 1.807) is 7.05 Å². The van der Waals surface area contributed by atoms with E-state index >= 15 is 0 Å². The molecule has 1 N–H and O–H groups in total. The summed E-state index contributed by atoms with van der Waals surface area (Å²) in [6, 6.07) is 9.81. The van der Waals surface area contributed by atoms with Crippen LogP contribution in [0.4, 0.5) is 0 Å². The van der Waals surface area contributed by atoms with Crippen LogP contribution in [0.25, 0.3) is 0 Å². The fourth-order valence-corrected chi connectivity index (χ4v) is 0.902. The van der Waals surface area contributed by atoms with Gasteiger partial charge in [0.2, 0.25) is 5.91 Å². The van der Waals surface area contributed by atoms with Crippen molar-refractivity contribution in [1.29, 1.82) is 0 Å². The maximum absolute atomic E-state index is 10.8. The smallest absolute Gasteiger partial charge is 0.220 e. The first-order chi connectivity index (χ1) is 5.83. The number of benzene rings is 1. The SMILES string of the molecule is CNC(=O)C[CH]c1ccccc1. The summed E-state index contributed by atoms with van der Waals surface area (Å²) in [5.74, 6) is 0.0406. The van der Waals surface area contributed by atoms with Crippen molar-refractivity contribution in [3.8, 4) is 0 Å². The van der Waals surface area contributed by atoms with Crippen LogP contribution < -0.4 is 5.32 Å². The second-order valence-electron chi connectivity index (χ2n) is 2.49. The molecule has 1 radical (unpaired) electrons. The monoisotopic (exact) mass is 162 g/mol. The van der Waals surface area contributed by atoms with Gasteiger partial charge < -0.3 is 5.32 Å². The molecule has 0 atom stereocenters. The number of amides is 1. The zero-order valence-electron chi connectivity index (χ0n) is 7.08. The van der Waals surface area contributed by atoms with E-state index < -0.39 is 0 Å². The molecule has 2 heteroatoms. The van der Waals surface area contributed by atoms with Crippen LogP contribution in [-0.4, -0.2) is 13.0 Å². The number of hydrogen-bond acceptors (Lipinski definition) is 1. The Bertz CT molecular complexity index is 243. The third kappa shape index (κ3) is 2.74. The predicted molar refractivity (Wildman–Crippen MR) is 48.5 cm³/mol. The summed E-state index contributed by atoms with van der Waals surface area (Å²) in [6.45, 7) is 0. The van der Waals surface area contributed by atoms with Crippen LogP contribution in [0.1, 0.15) is 12.0 Å². The van der Waals surface area contributed by atoms with Crippen LogP contribution in [-0.2, 0) is 4.79 Å². The van der Waals surface area contributed by atoms with Crippen molar-refractivity contribution in [3.05, 3.63) is 42.3 Å². The van der Waals surface area contributed by atoms with Crippen molar-refractivity contribution in [2.24, 2.45) is 0 Å². The lowest BCUT2D eigenvalue weighted by atomic mass is 10.1. The molecule has 1 rings (SSSR count). The molecule has 2 nitrogen and oxygen atoms in total. The average molecular weight is 162 g/mol. The van der Waals surface area contributed by atoms with E-state index in [-0.39, 0.29) is 5.91 Å². The quantitative estimate of drug-likeness (QED) is 0.714. The molecule has 0 bridgehead atoms. The topological polar surface area (TPSA) is 29.1 Å². The lowest BCUT2D eigenvalue weighted by Gasteiger charge is -1.98. The molecule has 0 aliphatic heterocycles. The third-order valence-electron chi connectivity index (χ3n) is 1.60. The first-order valence-electron chi connectivity index (χ1n) is 3.92. The Labute approximate surface area is 72.6 Å². The highest BCUT2D eigenvalue weighted by atomic mass is 16.1. The molecule has 0 unspecified atom stereocenters. The normalized spacial score (nSPS) is 9.42. The van der Waals surface area contributed by atoms with Crippen LogP contribution in [0.5, 0.6) is 0 Å². The summed E-state index contributed by atoms with van der Waals surface area (Å²) in [5.41, 5.74) is 1.08. The minimum atomic E-state index is 0.0406. The lowest BCUT2D eigenvalue weighted by molar-refractivity contribution is -0.119. The molecule has 1 aromatic carbocycles. The van der Waals surface area contributed by atoms with E-state index in [0.717, 1.165) is 5.56 Å². The standard InChI is InChI=1S/C10H12NO/c1-11-10(12)8-7-9-5-3-2-4-6-9/h2-7H,8H2,1H3,(H,11,12).